The number of amides is 2. The molecular weight excluding hydrogens is 427 g/mol. The molecule has 1 aliphatic rings. The van der Waals surface area contributed by atoms with E-state index in [-0.39, 0.29) is 55.8 Å². The van der Waals surface area contributed by atoms with E-state index < -0.39 is 12.5 Å². The first-order chi connectivity index (χ1) is 14.8. The van der Waals surface area contributed by atoms with E-state index in [0.717, 1.165) is 4.90 Å². The Hall–Kier alpha value is -3.07. The summed E-state index contributed by atoms with van der Waals surface area (Å²) in [4.78, 5) is 35.9. The van der Waals surface area contributed by atoms with Gasteiger partial charge in [-0.25, -0.2) is 4.57 Å². The minimum atomic E-state index is -3.56. The van der Waals surface area contributed by atoms with E-state index in [4.69, 9.17) is 13.8 Å². The summed E-state index contributed by atoms with van der Waals surface area (Å²) in [6.07, 6.45) is -0.0695. The van der Waals surface area contributed by atoms with Crippen LogP contribution in [-0.2, 0) is 13.8 Å². The Kier molecular flexibility index (Phi) is 7.17. The lowest BCUT2D eigenvalue weighted by Gasteiger charge is -2.19. The summed E-state index contributed by atoms with van der Waals surface area (Å²) in [6.45, 7) is 1.94. The number of benzene rings is 2. The molecule has 0 spiro atoms. The normalized spacial score (nSPS) is 14.9. The molecule has 31 heavy (non-hydrogen) atoms. The monoisotopic (exact) mass is 448 g/mol. The zero-order chi connectivity index (χ0) is 22.4. The van der Waals surface area contributed by atoms with Crippen molar-refractivity contribution >= 4 is 25.1 Å². The first-order valence-electron chi connectivity index (χ1n) is 9.55. The number of non-ortho nitro benzene ring substituents is 1. The summed E-state index contributed by atoms with van der Waals surface area (Å²) in [5.41, 5.74) is 0.616. The smallest absolute Gasteiger partial charge is 0.381 e. The number of hydrogen-bond acceptors (Lipinski definition) is 8. The zero-order valence-corrected chi connectivity index (χ0v) is 17.7. The van der Waals surface area contributed by atoms with Crippen LogP contribution < -0.4 is 4.52 Å². The number of fused-ring (bicyclic) bond motifs is 1. The van der Waals surface area contributed by atoms with Gasteiger partial charge in [0.15, 0.2) is 0 Å². The number of rotatable bonds is 11. The number of nitro groups is 1. The van der Waals surface area contributed by atoms with Crippen LogP contribution in [0.4, 0.5) is 5.69 Å². The summed E-state index contributed by atoms with van der Waals surface area (Å²) in [5.74, 6) is -0.565. The molecule has 11 heteroatoms. The van der Waals surface area contributed by atoms with Gasteiger partial charge in [-0.05, 0) is 31.2 Å². The molecular formula is C20H21N2O8P. The average molecular weight is 448 g/mol. The molecule has 0 radical (unpaired) electrons. The van der Waals surface area contributed by atoms with Gasteiger partial charge in [-0.15, -0.1) is 0 Å². The summed E-state index contributed by atoms with van der Waals surface area (Å²) < 4.78 is 29.1. The molecule has 0 fully saturated rings. The van der Waals surface area contributed by atoms with Crippen LogP contribution in [0.25, 0.3) is 0 Å². The van der Waals surface area contributed by atoms with Crippen molar-refractivity contribution in [3.63, 3.8) is 0 Å². The summed E-state index contributed by atoms with van der Waals surface area (Å²) >= 11 is 0. The summed E-state index contributed by atoms with van der Waals surface area (Å²) in [7, 11) is -3.56. The molecule has 0 saturated heterocycles. The van der Waals surface area contributed by atoms with Crippen LogP contribution >= 0.6 is 7.60 Å². The van der Waals surface area contributed by atoms with E-state index in [2.05, 4.69) is 0 Å². The maximum absolute atomic E-state index is 12.9. The number of hydrogen-bond donors (Lipinski definition) is 0. The molecule has 3 rings (SSSR count). The predicted molar refractivity (Wildman–Crippen MR) is 110 cm³/mol. The first kappa shape index (κ1) is 22.6. The molecule has 0 N–H and O–H groups in total. The molecule has 1 unspecified atom stereocenters. The topological polar surface area (TPSA) is 125 Å². The van der Waals surface area contributed by atoms with Gasteiger partial charge < -0.3 is 13.8 Å². The van der Waals surface area contributed by atoms with Crippen LogP contribution in [-0.4, -0.2) is 54.2 Å². The Morgan fingerprint density at radius 1 is 1.00 bits per heavy atom. The van der Waals surface area contributed by atoms with Gasteiger partial charge in [0.25, 0.3) is 17.5 Å². The van der Waals surface area contributed by atoms with Gasteiger partial charge in [-0.2, -0.15) is 0 Å². The maximum Gasteiger partial charge on any atom is 0.381 e. The number of nitrogens with zero attached hydrogens (tertiary/aromatic N) is 2. The van der Waals surface area contributed by atoms with Gasteiger partial charge in [0.2, 0.25) is 0 Å². The van der Waals surface area contributed by atoms with Crippen LogP contribution in [0.3, 0.4) is 0 Å². The molecule has 164 valence electrons. The van der Waals surface area contributed by atoms with Crippen LogP contribution in [0, 0.1) is 10.1 Å². The second-order valence-electron chi connectivity index (χ2n) is 6.51. The van der Waals surface area contributed by atoms with Gasteiger partial charge in [0, 0.05) is 12.1 Å². The second kappa shape index (κ2) is 9.82. The number of imide groups is 1. The average Bonchev–Trinajstić information content (AvgIpc) is 2.99. The van der Waals surface area contributed by atoms with Crippen molar-refractivity contribution in [3.05, 3.63) is 69.8 Å². The van der Waals surface area contributed by atoms with E-state index in [9.17, 15) is 24.3 Å². The fraction of sp³-hybridized carbons (Fsp3) is 0.300. The minimum Gasteiger partial charge on any atom is -0.424 e. The Morgan fingerprint density at radius 3 is 2.16 bits per heavy atom. The van der Waals surface area contributed by atoms with Gasteiger partial charge in [-0.3, -0.25) is 24.6 Å². The van der Waals surface area contributed by atoms with Gasteiger partial charge >= 0.3 is 7.60 Å². The third-order valence-corrected chi connectivity index (χ3v) is 6.34. The van der Waals surface area contributed by atoms with Crippen molar-refractivity contribution in [2.24, 2.45) is 0 Å². The SMILES string of the molecule is CCOP(=O)(CCOCCN1C(=O)c2ccccc2C1=O)Oc1ccc([N+](=O)[O-])cc1. The number of ether oxygens (including phenoxy) is 1. The fourth-order valence-corrected chi connectivity index (χ4v) is 4.46. The van der Waals surface area contributed by atoms with Crippen LogP contribution in [0.5, 0.6) is 5.75 Å². The Bertz CT molecular complexity index is 989. The molecule has 1 atom stereocenters. The molecule has 1 heterocycles. The number of carbonyl (C=O) groups is 2. The zero-order valence-electron chi connectivity index (χ0n) is 16.8. The molecule has 10 nitrogen and oxygen atoms in total. The van der Waals surface area contributed by atoms with Crippen molar-refractivity contribution in [1.29, 1.82) is 0 Å². The van der Waals surface area contributed by atoms with Crippen molar-refractivity contribution < 1.29 is 32.9 Å². The summed E-state index contributed by atoms with van der Waals surface area (Å²) in [6, 6.07) is 11.8. The highest BCUT2D eigenvalue weighted by molar-refractivity contribution is 7.54. The number of nitro benzene ring substituents is 1. The molecule has 2 aromatic carbocycles. The standard InChI is InChI=1S/C20H21N2O8P/c1-2-29-31(27,30-16-9-7-15(8-10-16)22(25)26)14-13-28-12-11-21-19(23)17-5-3-4-6-18(17)20(21)24/h3-10H,2,11-14H2,1H3. The first-order valence-corrected chi connectivity index (χ1v) is 11.3. The van der Waals surface area contributed by atoms with E-state index in [1.165, 1.54) is 24.3 Å². The highest BCUT2D eigenvalue weighted by Gasteiger charge is 2.34. The second-order valence-corrected chi connectivity index (χ2v) is 8.62. The van der Waals surface area contributed by atoms with Gasteiger partial charge in [0.05, 0.1) is 48.6 Å². The largest absolute Gasteiger partial charge is 0.424 e. The third-order valence-electron chi connectivity index (χ3n) is 4.46. The third kappa shape index (κ3) is 5.35. The molecule has 0 aliphatic carbocycles. The fourth-order valence-electron chi connectivity index (χ4n) is 3.00. The lowest BCUT2D eigenvalue weighted by Crippen LogP contribution is -2.33. The van der Waals surface area contributed by atoms with Crippen LogP contribution in [0.2, 0.25) is 0 Å². The molecule has 2 aromatic rings. The predicted octanol–water partition coefficient (Wildman–Crippen LogP) is 3.52. The van der Waals surface area contributed by atoms with E-state index in [1.807, 2.05) is 0 Å². The Morgan fingerprint density at radius 2 is 1.61 bits per heavy atom. The Labute approximate surface area is 178 Å². The highest BCUT2D eigenvalue weighted by Crippen LogP contribution is 2.48. The molecule has 0 bridgehead atoms. The molecule has 1 aliphatic heterocycles. The van der Waals surface area contributed by atoms with Crippen molar-refractivity contribution in [3.8, 4) is 5.75 Å². The highest BCUT2D eigenvalue weighted by atomic mass is 31.2. The van der Waals surface area contributed by atoms with Crippen LogP contribution in [0.15, 0.2) is 48.5 Å². The lowest BCUT2D eigenvalue weighted by molar-refractivity contribution is -0.384. The van der Waals surface area contributed by atoms with Crippen molar-refractivity contribution in [2.75, 3.05) is 32.5 Å². The summed E-state index contributed by atoms with van der Waals surface area (Å²) in [5, 5.41) is 10.7. The van der Waals surface area contributed by atoms with E-state index in [0.29, 0.717) is 11.1 Å². The minimum absolute atomic E-state index is 0.00737. The molecule has 0 saturated carbocycles. The van der Waals surface area contributed by atoms with Gasteiger partial charge in [-0.1, -0.05) is 12.1 Å². The van der Waals surface area contributed by atoms with E-state index >= 15 is 0 Å². The number of carbonyl (C=O) groups excluding carboxylic acids is 2. The van der Waals surface area contributed by atoms with Crippen molar-refractivity contribution in [1.82, 2.24) is 4.90 Å². The maximum atomic E-state index is 12.9. The lowest BCUT2D eigenvalue weighted by atomic mass is 10.1. The van der Waals surface area contributed by atoms with Gasteiger partial charge in [0.1, 0.15) is 5.75 Å². The molecule has 0 aromatic heterocycles. The van der Waals surface area contributed by atoms with Crippen molar-refractivity contribution in [2.45, 2.75) is 6.92 Å². The quantitative estimate of drug-likeness (QED) is 0.168. The van der Waals surface area contributed by atoms with E-state index in [1.54, 1.807) is 31.2 Å². The van der Waals surface area contributed by atoms with Crippen LogP contribution in [0.1, 0.15) is 27.6 Å². The Balaban J connectivity index is 1.49. The molecule has 2 amide bonds.